The molecule has 0 bridgehead atoms. The number of thiocarbonyl (C=S) groups is 1. The number of methoxy groups -OCH3 is 1. The van der Waals surface area contributed by atoms with Gasteiger partial charge in [0.1, 0.15) is 4.32 Å². The van der Waals surface area contributed by atoms with Gasteiger partial charge in [-0.15, -0.1) is 0 Å². The van der Waals surface area contributed by atoms with Crippen molar-refractivity contribution in [1.29, 1.82) is 0 Å². The fourth-order valence-corrected chi connectivity index (χ4v) is 2.64. The Morgan fingerprint density at radius 2 is 2.28 bits per heavy atom. The standard InChI is InChI=1S/C11H8ClNO3S2/c1-16-8-2-5(6(12)4-7(8)14)3-9-10(15)13-11(17)18-9/h2-4,14H,1H3,(H,13,15,17). The molecule has 2 N–H and O–H groups in total. The van der Waals surface area contributed by atoms with Crippen LogP contribution in [0.5, 0.6) is 11.5 Å². The summed E-state index contributed by atoms with van der Waals surface area (Å²) < 4.78 is 5.39. The van der Waals surface area contributed by atoms with Gasteiger partial charge >= 0.3 is 0 Å². The number of aromatic hydroxyl groups is 1. The molecule has 0 spiro atoms. The summed E-state index contributed by atoms with van der Waals surface area (Å²) in [7, 11) is 1.44. The number of hydrogen-bond donors (Lipinski definition) is 2. The molecule has 0 atom stereocenters. The number of phenols is 1. The molecule has 0 aliphatic carbocycles. The van der Waals surface area contributed by atoms with Crippen LogP contribution in [0.4, 0.5) is 0 Å². The van der Waals surface area contributed by atoms with Crippen molar-refractivity contribution in [3.8, 4) is 11.5 Å². The third kappa shape index (κ3) is 2.60. The maximum absolute atomic E-state index is 11.5. The smallest absolute Gasteiger partial charge is 0.263 e. The zero-order chi connectivity index (χ0) is 13.3. The molecule has 1 saturated heterocycles. The molecule has 94 valence electrons. The van der Waals surface area contributed by atoms with Crippen molar-refractivity contribution >= 4 is 51.9 Å². The van der Waals surface area contributed by atoms with E-state index in [1.807, 2.05) is 0 Å². The van der Waals surface area contributed by atoms with Gasteiger partial charge in [0.2, 0.25) is 0 Å². The molecule has 0 aromatic heterocycles. The van der Waals surface area contributed by atoms with E-state index >= 15 is 0 Å². The van der Waals surface area contributed by atoms with E-state index in [2.05, 4.69) is 5.32 Å². The van der Waals surface area contributed by atoms with Crippen LogP contribution in [0, 0.1) is 0 Å². The van der Waals surface area contributed by atoms with E-state index in [1.165, 1.54) is 13.2 Å². The molecular weight excluding hydrogens is 294 g/mol. The van der Waals surface area contributed by atoms with Gasteiger partial charge in [-0.1, -0.05) is 35.6 Å². The Hall–Kier alpha value is -1.24. The summed E-state index contributed by atoms with van der Waals surface area (Å²) in [4.78, 5) is 12.0. The van der Waals surface area contributed by atoms with E-state index < -0.39 is 0 Å². The fraction of sp³-hybridized carbons (Fsp3) is 0.0909. The van der Waals surface area contributed by atoms with Crippen molar-refractivity contribution in [2.45, 2.75) is 0 Å². The molecule has 1 fully saturated rings. The molecule has 1 amide bonds. The Morgan fingerprint density at radius 3 is 2.83 bits per heavy atom. The second-order valence-electron chi connectivity index (χ2n) is 3.40. The van der Waals surface area contributed by atoms with Crippen LogP contribution in [0.1, 0.15) is 5.56 Å². The van der Waals surface area contributed by atoms with Crippen LogP contribution in [-0.4, -0.2) is 22.4 Å². The molecule has 0 unspecified atom stereocenters. The first-order valence-corrected chi connectivity index (χ1v) is 6.43. The van der Waals surface area contributed by atoms with Crippen LogP contribution in [0.2, 0.25) is 5.02 Å². The van der Waals surface area contributed by atoms with Crippen LogP contribution in [0.3, 0.4) is 0 Å². The minimum Gasteiger partial charge on any atom is -0.504 e. The van der Waals surface area contributed by atoms with E-state index in [9.17, 15) is 9.90 Å². The first kappa shape index (κ1) is 13.2. The number of carbonyl (C=O) groups is 1. The number of benzene rings is 1. The summed E-state index contributed by atoms with van der Waals surface area (Å²) in [5, 5.41) is 12.4. The lowest BCUT2D eigenvalue weighted by Gasteiger charge is -2.06. The van der Waals surface area contributed by atoms with E-state index in [1.54, 1.807) is 12.1 Å². The Kier molecular flexibility index (Phi) is 3.79. The van der Waals surface area contributed by atoms with Crippen LogP contribution in [-0.2, 0) is 4.79 Å². The number of carbonyl (C=O) groups excluding carboxylic acids is 1. The number of ether oxygens (including phenoxy) is 1. The lowest BCUT2D eigenvalue weighted by Crippen LogP contribution is -2.17. The van der Waals surface area contributed by atoms with Gasteiger partial charge in [0.05, 0.1) is 17.0 Å². The molecule has 7 heteroatoms. The molecule has 0 radical (unpaired) electrons. The zero-order valence-corrected chi connectivity index (χ0v) is 11.6. The highest BCUT2D eigenvalue weighted by molar-refractivity contribution is 8.26. The summed E-state index contributed by atoms with van der Waals surface area (Å²) in [6.45, 7) is 0. The Balaban J connectivity index is 2.43. The molecule has 1 aromatic carbocycles. The number of halogens is 1. The molecular formula is C11H8ClNO3S2. The SMILES string of the molecule is COc1cc(C=C2SC(=S)NC2=O)c(Cl)cc1O. The van der Waals surface area contributed by atoms with Crippen molar-refractivity contribution in [2.75, 3.05) is 7.11 Å². The van der Waals surface area contributed by atoms with E-state index in [-0.39, 0.29) is 17.4 Å². The maximum Gasteiger partial charge on any atom is 0.263 e. The number of thioether (sulfide) groups is 1. The third-order valence-electron chi connectivity index (χ3n) is 2.23. The topological polar surface area (TPSA) is 58.6 Å². The highest BCUT2D eigenvalue weighted by Gasteiger charge is 2.22. The van der Waals surface area contributed by atoms with Gasteiger partial charge in [-0.3, -0.25) is 4.79 Å². The summed E-state index contributed by atoms with van der Waals surface area (Å²) in [6.07, 6.45) is 1.60. The van der Waals surface area contributed by atoms with Crippen molar-refractivity contribution < 1.29 is 14.6 Å². The van der Waals surface area contributed by atoms with Crippen LogP contribution < -0.4 is 10.1 Å². The lowest BCUT2D eigenvalue weighted by molar-refractivity contribution is -0.115. The van der Waals surface area contributed by atoms with Gasteiger partial charge in [0.15, 0.2) is 11.5 Å². The predicted molar refractivity (Wildman–Crippen MR) is 76.0 cm³/mol. The Bertz CT molecular complexity index is 572. The monoisotopic (exact) mass is 301 g/mol. The first-order chi connectivity index (χ1) is 8.51. The van der Waals surface area contributed by atoms with Crippen LogP contribution in [0.25, 0.3) is 6.08 Å². The first-order valence-electron chi connectivity index (χ1n) is 4.82. The molecule has 4 nitrogen and oxygen atoms in total. The zero-order valence-electron chi connectivity index (χ0n) is 9.19. The number of nitrogens with one attached hydrogen (secondary N) is 1. The van der Waals surface area contributed by atoms with E-state index in [0.717, 1.165) is 11.8 Å². The second-order valence-corrected chi connectivity index (χ2v) is 5.52. The molecule has 2 rings (SSSR count). The molecule has 1 heterocycles. The Labute approximate surface area is 118 Å². The lowest BCUT2D eigenvalue weighted by atomic mass is 10.2. The number of rotatable bonds is 2. The molecule has 1 aliphatic heterocycles. The van der Waals surface area contributed by atoms with Crippen molar-refractivity contribution in [3.63, 3.8) is 0 Å². The van der Waals surface area contributed by atoms with Crippen molar-refractivity contribution in [2.24, 2.45) is 0 Å². The number of hydrogen-bond acceptors (Lipinski definition) is 5. The number of phenolic OH excluding ortho intramolecular Hbond substituents is 1. The van der Waals surface area contributed by atoms with Gasteiger partial charge in [-0.25, -0.2) is 0 Å². The van der Waals surface area contributed by atoms with Gasteiger partial charge in [-0.05, 0) is 17.7 Å². The highest BCUT2D eigenvalue weighted by atomic mass is 35.5. The van der Waals surface area contributed by atoms with E-state index in [0.29, 0.717) is 19.8 Å². The summed E-state index contributed by atoms with van der Waals surface area (Å²) in [5.41, 5.74) is 0.577. The van der Waals surface area contributed by atoms with Crippen molar-refractivity contribution in [1.82, 2.24) is 5.32 Å². The fourth-order valence-electron chi connectivity index (χ4n) is 1.39. The average molecular weight is 302 g/mol. The highest BCUT2D eigenvalue weighted by Crippen LogP contribution is 2.35. The summed E-state index contributed by atoms with van der Waals surface area (Å²) in [6, 6.07) is 2.92. The average Bonchev–Trinajstić information content (AvgIpc) is 2.61. The Morgan fingerprint density at radius 1 is 1.56 bits per heavy atom. The molecule has 1 aliphatic rings. The predicted octanol–water partition coefficient (Wildman–Crippen LogP) is 2.54. The second kappa shape index (κ2) is 5.17. The van der Waals surface area contributed by atoms with Gasteiger partial charge in [-0.2, -0.15) is 0 Å². The van der Waals surface area contributed by atoms with E-state index in [4.69, 9.17) is 28.6 Å². The minimum absolute atomic E-state index is 0.0521. The van der Waals surface area contributed by atoms with Gasteiger partial charge < -0.3 is 15.2 Å². The molecule has 18 heavy (non-hydrogen) atoms. The van der Waals surface area contributed by atoms with Crippen LogP contribution >= 0.6 is 35.6 Å². The van der Waals surface area contributed by atoms with Gasteiger partial charge in [0, 0.05) is 6.07 Å². The minimum atomic E-state index is -0.256. The molecule has 0 saturated carbocycles. The molecule has 1 aromatic rings. The third-order valence-corrected chi connectivity index (χ3v) is 3.72. The summed E-state index contributed by atoms with van der Waals surface area (Å²) in [5.74, 6) is -0.0194. The summed E-state index contributed by atoms with van der Waals surface area (Å²) >= 11 is 12.0. The maximum atomic E-state index is 11.5. The van der Waals surface area contributed by atoms with Gasteiger partial charge in [0.25, 0.3) is 5.91 Å². The number of amides is 1. The largest absolute Gasteiger partial charge is 0.504 e. The van der Waals surface area contributed by atoms with Crippen molar-refractivity contribution in [3.05, 3.63) is 27.6 Å². The normalized spacial score (nSPS) is 17.1. The van der Waals surface area contributed by atoms with Crippen LogP contribution in [0.15, 0.2) is 17.0 Å². The quantitative estimate of drug-likeness (QED) is 0.649.